The van der Waals surface area contributed by atoms with Crippen LogP contribution in [0.1, 0.15) is 30.5 Å². The standard InChI is InChI=1S/C28H23N/c1-18-13-16-25-23(17-18)28(2,3)26-20(19-9-5-4-6-10-19)14-15-22-21-11-7-8-12-24(21)29(25)27(22)26/h4-17H,1-3H3. The molecule has 140 valence electrons. The van der Waals surface area contributed by atoms with Crippen LogP contribution in [-0.4, -0.2) is 4.57 Å². The Morgan fingerprint density at radius 1 is 0.724 bits per heavy atom. The van der Waals surface area contributed by atoms with Crippen LogP contribution in [-0.2, 0) is 5.41 Å². The lowest BCUT2D eigenvalue weighted by molar-refractivity contribution is 0.631. The Morgan fingerprint density at radius 2 is 1.48 bits per heavy atom. The zero-order chi connectivity index (χ0) is 19.8. The van der Waals surface area contributed by atoms with Gasteiger partial charge in [0.25, 0.3) is 0 Å². The molecule has 0 aliphatic carbocycles. The summed E-state index contributed by atoms with van der Waals surface area (Å²) in [5.74, 6) is 0. The predicted molar refractivity (Wildman–Crippen MR) is 123 cm³/mol. The van der Waals surface area contributed by atoms with Gasteiger partial charge in [-0.15, -0.1) is 0 Å². The van der Waals surface area contributed by atoms with Crippen molar-refractivity contribution in [2.24, 2.45) is 0 Å². The van der Waals surface area contributed by atoms with Gasteiger partial charge in [0.1, 0.15) is 0 Å². The summed E-state index contributed by atoms with van der Waals surface area (Å²) >= 11 is 0. The van der Waals surface area contributed by atoms with E-state index >= 15 is 0 Å². The van der Waals surface area contributed by atoms with Crippen molar-refractivity contribution in [1.29, 1.82) is 0 Å². The number of fused-ring (bicyclic) bond motifs is 5. The van der Waals surface area contributed by atoms with Crippen LogP contribution in [0.25, 0.3) is 38.6 Å². The van der Waals surface area contributed by atoms with Crippen molar-refractivity contribution in [1.82, 2.24) is 4.57 Å². The van der Waals surface area contributed by atoms with Gasteiger partial charge < -0.3 is 4.57 Å². The Kier molecular flexibility index (Phi) is 3.21. The maximum atomic E-state index is 2.49. The van der Waals surface area contributed by atoms with Gasteiger partial charge in [-0.2, -0.15) is 0 Å². The average Bonchev–Trinajstić information content (AvgIpc) is 3.07. The smallest absolute Gasteiger partial charge is 0.0588 e. The largest absolute Gasteiger partial charge is 0.309 e. The predicted octanol–water partition coefficient (Wildman–Crippen LogP) is 7.40. The highest BCUT2D eigenvalue weighted by Gasteiger charge is 2.37. The number of aryl methyl sites for hydroxylation is 1. The van der Waals surface area contributed by atoms with Crippen LogP contribution < -0.4 is 0 Å². The molecule has 4 aromatic carbocycles. The van der Waals surface area contributed by atoms with Gasteiger partial charge in [0.2, 0.25) is 0 Å². The summed E-state index contributed by atoms with van der Waals surface area (Å²) in [6.07, 6.45) is 0. The molecule has 0 unspecified atom stereocenters. The van der Waals surface area contributed by atoms with E-state index < -0.39 is 0 Å². The molecule has 0 N–H and O–H groups in total. The monoisotopic (exact) mass is 373 g/mol. The van der Waals surface area contributed by atoms with Crippen molar-refractivity contribution in [3.8, 4) is 16.8 Å². The molecule has 5 aromatic rings. The summed E-state index contributed by atoms with van der Waals surface area (Å²) in [5, 5.41) is 2.67. The van der Waals surface area contributed by atoms with Crippen molar-refractivity contribution >= 4 is 21.8 Å². The fourth-order valence-corrected chi connectivity index (χ4v) is 5.28. The van der Waals surface area contributed by atoms with E-state index in [9.17, 15) is 0 Å². The fraction of sp³-hybridized carbons (Fsp3) is 0.143. The lowest BCUT2D eigenvalue weighted by Crippen LogP contribution is -2.27. The van der Waals surface area contributed by atoms with E-state index in [1.165, 1.54) is 55.3 Å². The minimum absolute atomic E-state index is 0.0869. The summed E-state index contributed by atoms with van der Waals surface area (Å²) in [6, 6.07) is 31.2. The van der Waals surface area contributed by atoms with Crippen LogP contribution >= 0.6 is 0 Å². The second-order valence-electron chi connectivity index (χ2n) is 8.75. The molecule has 0 saturated heterocycles. The second kappa shape index (κ2) is 5.61. The first-order valence-corrected chi connectivity index (χ1v) is 10.3. The molecule has 0 amide bonds. The third-order valence-electron chi connectivity index (χ3n) is 6.61. The van der Waals surface area contributed by atoms with E-state index in [-0.39, 0.29) is 5.41 Å². The third kappa shape index (κ3) is 2.10. The van der Waals surface area contributed by atoms with Gasteiger partial charge in [-0.25, -0.2) is 0 Å². The number of nitrogens with zero attached hydrogens (tertiary/aromatic N) is 1. The summed E-state index contributed by atoms with van der Waals surface area (Å²) in [7, 11) is 0. The Bertz CT molecular complexity index is 1420. The molecule has 29 heavy (non-hydrogen) atoms. The lowest BCUT2D eigenvalue weighted by Gasteiger charge is -2.36. The maximum absolute atomic E-state index is 2.49. The van der Waals surface area contributed by atoms with E-state index in [0.29, 0.717) is 0 Å². The van der Waals surface area contributed by atoms with Crippen LogP contribution in [0.3, 0.4) is 0 Å². The quantitative estimate of drug-likeness (QED) is 0.288. The van der Waals surface area contributed by atoms with Crippen LogP contribution in [0.2, 0.25) is 0 Å². The van der Waals surface area contributed by atoms with E-state index in [1.807, 2.05) is 0 Å². The molecule has 1 aromatic heterocycles. The van der Waals surface area contributed by atoms with Gasteiger partial charge in [-0.1, -0.05) is 92.2 Å². The van der Waals surface area contributed by atoms with Gasteiger partial charge in [-0.05, 0) is 41.3 Å². The minimum atomic E-state index is -0.0869. The number of rotatable bonds is 1. The van der Waals surface area contributed by atoms with Crippen molar-refractivity contribution in [3.63, 3.8) is 0 Å². The minimum Gasteiger partial charge on any atom is -0.309 e. The van der Waals surface area contributed by atoms with Crippen LogP contribution in [0.5, 0.6) is 0 Å². The summed E-state index contributed by atoms with van der Waals surface area (Å²) < 4.78 is 2.49. The average molecular weight is 373 g/mol. The molecule has 0 saturated carbocycles. The highest BCUT2D eigenvalue weighted by atomic mass is 15.0. The molecule has 1 heteroatoms. The van der Waals surface area contributed by atoms with Crippen molar-refractivity contribution in [2.75, 3.05) is 0 Å². The van der Waals surface area contributed by atoms with E-state index in [4.69, 9.17) is 0 Å². The van der Waals surface area contributed by atoms with Crippen LogP contribution in [0, 0.1) is 6.92 Å². The SMILES string of the molecule is Cc1ccc2c(c1)C(C)(C)c1c(-c3ccccc3)ccc3c4ccccc4n-2c13. The number of hydrogen-bond acceptors (Lipinski definition) is 0. The normalized spacial score (nSPS) is 14.3. The molecule has 6 rings (SSSR count). The van der Waals surface area contributed by atoms with Gasteiger partial charge in [0.05, 0.1) is 16.7 Å². The summed E-state index contributed by atoms with van der Waals surface area (Å²) in [5.41, 5.74) is 10.6. The van der Waals surface area contributed by atoms with Gasteiger partial charge in [0, 0.05) is 16.2 Å². The number of hydrogen-bond donors (Lipinski definition) is 0. The Hall–Kier alpha value is -3.32. The van der Waals surface area contributed by atoms with Gasteiger partial charge in [0.15, 0.2) is 0 Å². The van der Waals surface area contributed by atoms with Crippen LogP contribution in [0.15, 0.2) is 84.9 Å². The number of benzene rings is 4. The molecule has 1 aliphatic rings. The molecule has 0 fully saturated rings. The molecule has 0 bridgehead atoms. The highest BCUT2D eigenvalue weighted by molar-refractivity contribution is 6.13. The van der Waals surface area contributed by atoms with Gasteiger partial charge in [-0.3, -0.25) is 0 Å². The molecule has 0 spiro atoms. The topological polar surface area (TPSA) is 4.93 Å². The van der Waals surface area contributed by atoms with E-state index in [1.54, 1.807) is 0 Å². The fourth-order valence-electron chi connectivity index (χ4n) is 5.28. The Labute approximate surface area is 171 Å². The zero-order valence-corrected chi connectivity index (χ0v) is 17.0. The van der Waals surface area contributed by atoms with E-state index in [0.717, 1.165) is 0 Å². The molecule has 0 radical (unpaired) electrons. The molecule has 1 nitrogen and oxygen atoms in total. The van der Waals surface area contributed by atoms with E-state index in [2.05, 4.69) is 110 Å². The Balaban J connectivity index is 1.89. The number of aromatic nitrogens is 1. The summed E-state index contributed by atoms with van der Waals surface area (Å²) in [6.45, 7) is 6.96. The first-order chi connectivity index (χ1) is 14.1. The zero-order valence-electron chi connectivity index (χ0n) is 17.0. The van der Waals surface area contributed by atoms with Gasteiger partial charge >= 0.3 is 0 Å². The molecule has 2 heterocycles. The lowest BCUT2D eigenvalue weighted by atomic mass is 9.71. The van der Waals surface area contributed by atoms with Crippen LogP contribution in [0.4, 0.5) is 0 Å². The maximum Gasteiger partial charge on any atom is 0.0588 e. The van der Waals surface area contributed by atoms with Crippen molar-refractivity contribution in [3.05, 3.63) is 102 Å². The van der Waals surface area contributed by atoms with Crippen molar-refractivity contribution in [2.45, 2.75) is 26.2 Å². The third-order valence-corrected chi connectivity index (χ3v) is 6.61. The molecule has 1 aliphatic heterocycles. The van der Waals surface area contributed by atoms with Crippen molar-refractivity contribution < 1.29 is 0 Å². The Morgan fingerprint density at radius 3 is 2.31 bits per heavy atom. The first kappa shape index (κ1) is 16.6. The number of para-hydroxylation sites is 1. The highest BCUT2D eigenvalue weighted by Crippen LogP contribution is 2.50. The second-order valence-corrected chi connectivity index (χ2v) is 8.75. The molecule has 0 atom stereocenters. The molecular weight excluding hydrogens is 350 g/mol. The first-order valence-electron chi connectivity index (χ1n) is 10.3. The molecular formula is C28H23N. The summed E-state index contributed by atoms with van der Waals surface area (Å²) in [4.78, 5) is 0.